The van der Waals surface area contributed by atoms with Gasteiger partial charge < -0.3 is 10.1 Å². The van der Waals surface area contributed by atoms with Crippen molar-refractivity contribution >= 4 is 15.9 Å². The first-order valence-electron chi connectivity index (χ1n) is 5.55. The molecule has 0 saturated heterocycles. The topological polar surface area (TPSA) is 21.3 Å². The molecule has 0 atom stereocenters. The maximum Gasteiger partial charge on any atom is 0.131 e. The van der Waals surface area contributed by atoms with Gasteiger partial charge in [0.1, 0.15) is 17.3 Å². The average molecular weight is 310 g/mol. The highest BCUT2D eigenvalue weighted by molar-refractivity contribution is 9.10. The van der Waals surface area contributed by atoms with Crippen molar-refractivity contribution < 1.29 is 9.13 Å². The molecule has 2 aromatic carbocycles. The largest absolute Gasteiger partial charge is 0.457 e. The van der Waals surface area contributed by atoms with E-state index in [0.717, 1.165) is 6.54 Å². The average Bonchev–Trinajstić information content (AvgIpc) is 2.31. The van der Waals surface area contributed by atoms with Gasteiger partial charge in [-0.25, -0.2) is 4.39 Å². The molecule has 0 aliphatic rings. The van der Waals surface area contributed by atoms with Crippen molar-refractivity contribution in [2.75, 3.05) is 7.05 Å². The van der Waals surface area contributed by atoms with Crippen LogP contribution in [0.15, 0.2) is 46.9 Å². The van der Waals surface area contributed by atoms with Crippen LogP contribution in [0.5, 0.6) is 11.5 Å². The van der Waals surface area contributed by atoms with Crippen molar-refractivity contribution in [1.29, 1.82) is 0 Å². The van der Waals surface area contributed by atoms with E-state index >= 15 is 0 Å². The highest BCUT2D eigenvalue weighted by Gasteiger charge is 2.02. The Hall–Kier alpha value is -1.39. The summed E-state index contributed by atoms with van der Waals surface area (Å²) in [7, 11) is 1.90. The molecule has 0 radical (unpaired) electrons. The smallest absolute Gasteiger partial charge is 0.131 e. The zero-order valence-electron chi connectivity index (χ0n) is 9.91. The fourth-order valence-corrected chi connectivity index (χ4v) is 2.05. The number of rotatable bonds is 4. The van der Waals surface area contributed by atoms with E-state index in [-0.39, 0.29) is 5.82 Å². The minimum atomic E-state index is -0.328. The molecule has 0 aliphatic heterocycles. The summed E-state index contributed by atoms with van der Waals surface area (Å²) in [6.45, 7) is 0.811. The van der Waals surface area contributed by atoms with E-state index in [1.54, 1.807) is 6.07 Å². The SMILES string of the molecule is CNCc1ccc(Oc2cc(F)cc(Br)c2)cc1. The number of nitrogens with one attached hydrogen (secondary N) is 1. The van der Waals surface area contributed by atoms with E-state index < -0.39 is 0 Å². The number of benzene rings is 2. The Bertz CT molecular complexity index is 508. The zero-order chi connectivity index (χ0) is 13.0. The Morgan fingerprint density at radius 1 is 1.11 bits per heavy atom. The third kappa shape index (κ3) is 3.55. The maximum atomic E-state index is 13.2. The van der Waals surface area contributed by atoms with E-state index in [4.69, 9.17) is 4.74 Å². The van der Waals surface area contributed by atoms with Gasteiger partial charge in [0.15, 0.2) is 0 Å². The van der Waals surface area contributed by atoms with Crippen LogP contribution in [-0.4, -0.2) is 7.05 Å². The molecule has 0 amide bonds. The molecule has 0 fully saturated rings. The second kappa shape index (κ2) is 5.98. The van der Waals surface area contributed by atoms with Gasteiger partial charge in [0.2, 0.25) is 0 Å². The predicted octanol–water partition coefficient (Wildman–Crippen LogP) is 4.10. The van der Waals surface area contributed by atoms with Crippen LogP contribution in [0.25, 0.3) is 0 Å². The van der Waals surface area contributed by atoms with E-state index in [9.17, 15) is 4.39 Å². The molecule has 2 aromatic rings. The normalized spacial score (nSPS) is 10.4. The third-order valence-corrected chi connectivity index (χ3v) is 2.83. The van der Waals surface area contributed by atoms with Crippen molar-refractivity contribution in [2.24, 2.45) is 0 Å². The van der Waals surface area contributed by atoms with Crippen LogP contribution >= 0.6 is 15.9 Å². The van der Waals surface area contributed by atoms with Gasteiger partial charge in [-0.1, -0.05) is 28.1 Å². The highest BCUT2D eigenvalue weighted by Crippen LogP contribution is 2.26. The van der Waals surface area contributed by atoms with Crippen molar-refractivity contribution in [2.45, 2.75) is 6.54 Å². The fraction of sp³-hybridized carbons (Fsp3) is 0.143. The molecule has 0 saturated carbocycles. The molecule has 0 aromatic heterocycles. The Balaban J connectivity index is 2.13. The lowest BCUT2D eigenvalue weighted by atomic mass is 10.2. The number of halogens is 2. The molecule has 94 valence electrons. The lowest BCUT2D eigenvalue weighted by Crippen LogP contribution is -2.04. The lowest BCUT2D eigenvalue weighted by Gasteiger charge is -2.07. The van der Waals surface area contributed by atoms with E-state index in [0.29, 0.717) is 16.0 Å². The summed E-state index contributed by atoms with van der Waals surface area (Å²) >= 11 is 3.23. The molecule has 0 spiro atoms. The first-order chi connectivity index (χ1) is 8.67. The molecule has 2 nitrogen and oxygen atoms in total. The molecule has 1 N–H and O–H groups in total. The van der Waals surface area contributed by atoms with Crippen LogP contribution in [-0.2, 0) is 6.54 Å². The quantitative estimate of drug-likeness (QED) is 0.918. The Kier molecular flexibility index (Phi) is 4.33. The van der Waals surface area contributed by atoms with E-state index in [1.165, 1.54) is 17.7 Å². The standard InChI is InChI=1S/C14H13BrFNO/c1-17-9-10-2-4-13(5-3-10)18-14-7-11(15)6-12(16)8-14/h2-8,17H,9H2,1H3. The molecule has 0 aliphatic carbocycles. The molecule has 0 heterocycles. The van der Waals surface area contributed by atoms with Gasteiger partial charge in [-0.2, -0.15) is 0 Å². The summed E-state index contributed by atoms with van der Waals surface area (Å²) in [6.07, 6.45) is 0. The monoisotopic (exact) mass is 309 g/mol. The van der Waals surface area contributed by atoms with Gasteiger partial charge in [-0.15, -0.1) is 0 Å². The van der Waals surface area contributed by atoms with Gasteiger partial charge in [0.05, 0.1) is 0 Å². The fourth-order valence-electron chi connectivity index (χ4n) is 1.60. The molecule has 4 heteroatoms. The summed E-state index contributed by atoms with van der Waals surface area (Å²) in [6, 6.07) is 12.1. The zero-order valence-corrected chi connectivity index (χ0v) is 11.5. The van der Waals surface area contributed by atoms with E-state index in [1.807, 2.05) is 31.3 Å². The molecule has 18 heavy (non-hydrogen) atoms. The summed E-state index contributed by atoms with van der Waals surface area (Å²) < 4.78 is 19.4. The minimum Gasteiger partial charge on any atom is -0.457 e. The number of hydrogen-bond acceptors (Lipinski definition) is 2. The molecule has 0 bridgehead atoms. The van der Waals surface area contributed by atoms with Crippen molar-refractivity contribution in [3.8, 4) is 11.5 Å². The van der Waals surface area contributed by atoms with Gasteiger partial charge >= 0.3 is 0 Å². The van der Waals surface area contributed by atoms with Crippen LogP contribution in [0.2, 0.25) is 0 Å². The maximum absolute atomic E-state index is 13.2. The van der Waals surface area contributed by atoms with Crippen molar-refractivity contribution in [1.82, 2.24) is 5.32 Å². The van der Waals surface area contributed by atoms with Gasteiger partial charge in [0, 0.05) is 17.1 Å². The Morgan fingerprint density at radius 2 is 1.83 bits per heavy atom. The summed E-state index contributed by atoms with van der Waals surface area (Å²) in [4.78, 5) is 0. The summed E-state index contributed by atoms with van der Waals surface area (Å²) in [5, 5.41) is 3.07. The minimum absolute atomic E-state index is 0.328. The van der Waals surface area contributed by atoms with Gasteiger partial charge in [-0.05, 0) is 36.9 Å². The second-order valence-electron chi connectivity index (χ2n) is 3.88. The lowest BCUT2D eigenvalue weighted by molar-refractivity contribution is 0.476. The van der Waals surface area contributed by atoms with Crippen molar-refractivity contribution in [3.05, 3.63) is 58.3 Å². The first-order valence-corrected chi connectivity index (χ1v) is 6.34. The Labute approximate surface area is 114 Å². The predicted molar refractivity (Wildman–Crippen MR) is 73.4 cm³/mol. The number of ether oxygens (including phenoxy) is 1. The van der Waals surface area contributed by atoms with Crippen LogP contribution in [0, 0.1) is 5.82 Å². The second-order valence-corrected chi connectivity index (χ2v) is 4.80. The van der Waals surface area contributed by atoms with E-state index in [2.05, 4.69) is 21.2 Å². The molecular weight excluding hydrogens is 297 g/mol. The third-order valence-electron chi connectivity index (χ3n) is 2.38. The van der Waals surface area contributed by atoms with Crippen LogP contribution < -0.4 is 10.1 Å². The van der Waals surface area contributed by atoms with Gasteiger partial charge in [-0.3, -0.25) is 0 Å². The van der Waals surface area contributed by atoms with Crippen LogP contribution in [0.3, 0.4) is 0 Å². The van der Waals surface area contributed by atoms with Crippen molar-refractivity contribution in [3.63, 3.8) is 0 Å². The summed E-state index contributed by atoms with van der Waals surface area (Å²) in [5.74, 6) is 0.835. The summed E-state index contributed by atoms with van der Waals surface area (Å²) in [5.41, 5.74) is 1.17. The highest BCUT2D eigenvalue weighted by atomic mass is 79.9. The van der Waals surface area contributed by atoms with Crippen LogP contribution in [0.4, 0.5) is 4.39 Å². The molecular formula is C14H13BrFNO. The Morgan fingerprint density at radius 3 is 2.44 bits per heavy atom. The number of hydrogen-bond donors (Lipinski definition) is 1. The van der Waals surface area contributed by atoms with Crippen LogP contribution in [0.1, 0.15) is 5.56 Å². The molecule has 0 unspecified atom stereocenters. The molecule has 2 rings (SSSR count). The first kappa shape index (κ1) is 13.1. The van der Waals surface area contributed by atoms with Gasteiger partial charge in [0.25, 0.3) is 0 Å².